The van der Waals surface area contributed by atoms with Crippen LogP contribution >= 0.6 is 0 Å². The van der Waals surface area contributed by atoms with E-state index < -0.39 is 0 Å². The van der Waals surface area contributed by atoms with Crippen molar-refractivity contribution in [1.29, 1.82) is 0 Å². The number of para-hydroxylation sites is 1. The Morgan fingerprint density at radius 2 is 1.25 bits per heavy atom. The van der Waals surface area contributed by atoms with Crippen molar-refractivity contribution in [2.75, 3.05) is 0 Å². The fraction of sp³-hybridized carbons (Fsp3) is 0. The molecule has 0 spiro atoms. The van der Waals surface area contributed by atoms with Gasteiger partial charge in [-0.2, -0.15) is 0 Å². The van der Waals surface area contributed by atoms with E-state index in [-0.39, 0.29) is 10.6 Å². The zero-order valence-corrected chi connectivity index (χ0v) is 19.2. The summed E-state index contributed by atoms with van der Waals surface area (Å²) in [5.41, 5.74) is 6.06. The highest BCUT2D eigenvalue weighted by molar-refractivity contribution is 5.88. The number of fused-ring (bicyclic) bond motifs is 1. The van der Waals surface area contributed by atoms with Crippen LogP contribution in [0.3, 0.4) is 0 Å². The molecule has 0 bridgehead atoms. The smallest absolute Gasteiger partial charge is 0.277 e. The molecule has 6 rings (SSSR count). The molecule has 0 radical (unpaired) electrons. The number of nitrogens with zero attached hydrogens (tertiary/aromatic N) is 4. The molecule has 4 aromatic carbocycles. The van der Waals surface area contributed by atoms with Gasteiger partial charge >= 0.3 is 0 Å². The number of nitro benzene ring substituents is 1. The predicted molar refractivity (Wildman–Crippen MR) is 142 cm³/mol. The van der Waals surface area contributed by atoms with Gasteiger partial charge in [0.25, 0.3) is 5.69 Å². The second kappa shape index (κ2) is 8.92. The van der Waals surface area contributed by atoms with Crippen molar-refractivity contribution < 1.29 is 4.92 Å². The lowest BCUT2D eigenvalue weighted by molar-refractivity contribution is -0.384. The van der Waals surface area contributed by atoms with E-state index in [2.05, 4.69) is 0 Å². The van der Waals surface area contributed by atoms with Crippen molar-refractivity contribution in [2.24, 2.45) is 0 Å². The Morgan fingerprint density at radius 1 is 0.639 bits per heavy atom. The number of benzene rings is 4. The summed E-state index contributed by atoms with van der Waals surface area (Å²) in [5.74, 6) is 0.559. The summed E-state index contributed by atoms with van der Waals surface area (Å²) < 4.78 is 1.96. The van der Waals surface area contributed by atoms with E-state index in [1.165, 1.54) is 6.07 Å². The molecule has 0 saturated carbocycles. The molecule has 2 aromatic heterocycles. The molecule has 0 unspecified atom stereocenters. The number of hydrogen-bond donors (Lipinski definition) is 0. The van der Waals surface area contributed by atoms with E-state index >= 15 is 0 Å². The third-order valence-electron chi connectivity index (χ3n) is 6.17. The molecule has 0 atom stereocenters. The molecule has 0 N–H and O–H groups in total. The molecule has 0 amide bonds. The van der Waals surface area contributed by atoms with Crippen LogP contribution in [0.1, 0.15) is 0 Å². The second-order valence-electron chi connectivity index (χ2n) is 8.40. The van der Waals surface area contributed by atoms with Crippen LogP contribution < -0.4 is 0 Å². The van der Waals surface area contributed by atoms with Gasteiger partial charge in [-0.3, -0.25) is 14.7 Å². The summed E-state index contributed by atoms with van der Waals surface area (Å²) in [7, 11) is 0. The third kappa shape index (κ3) is 3.91. The van der Waals surface area contributed by atoms with Crippen LogP contribution in [-0.2, 0) is 0 Å². The molecule has 6 aromatic rings. The fourth-order valence-electron chi connectivity index (χ4n) is 4.42. The summed E-state index contributed by atoms with van der Waals surface area (Å²) >= 11 is 0. The first-order chi connectivity index (χ1) is 17.7. The average molecular weight is 469 g/mol. The topological polar surface area (TPSA) is 73.8 Å². The molecule has 6 nitrogen and oxygen atoms in total. The summed E-state index contributed by atoms with van der Waals surface area (Å²) in [6.07, 6.45) is 1.94. The summed E-state index contributed by atoms with van der Waals surface area (Å²) in [6, 6.07) is 36.7. The van der Waals surface area contributed by atoms with Gasteiger partial charge in [-0.25, -0.2) is 9.97 Å². The van der Waals surface area contributed by atoms with Crippen LogP contribution in [0.25, 0.3) is 50.5 Å². The van der Waals surface area contributed by atoms with E-state index in [1.807, 2.05) is 108 Å². The Balaban J connectivity index is 1.50. The lowest BCUT2D eigenvalue weighted by Crippen LogP contribution is -2.03. The zero-order valence-electron chi connectivity index (χ0n) is 19.2. The van der Waals surface area contributed by atoms with Gasteiger partial charge < -0.3 is 0 Å². The molecule has 0 aliphatic heterocycles. The Labute approximate surface area is 207 Å². The second-order valence-corrected chi connectivity index (χ2v) is 8.40. The van der Waals surface area contributed by atoms with Crippen LogP contribution in [0, 0.1) is 10.1 Å². The van der Waals surface area contributed by atoms with Crippen LogP contribution in [0.2, 0.25) is 0 Å². The Hall–Kier alpha value is -5.10. The van der Waals surface area contributed by atoms with E-state index in [0.29, 0.717) is 11.5 Å². The first kappa shape index (κ1) is 21.4. The maximum Gasteiger partial charge on any atom is 0.277 e. The SMILES string of the molecule is O=[N+]([O-])c1ccccc1-c1ccc2c(ccn2-c2nc(-c3ccccc3)cc(-c3ccccc3)n2)c1. The van der Waals surface area contributed by atoms with Gasteiger partial charge in [-0.05, 0) is 35.9 Å². The van der Waals surface area contributed by atoms with Gasteiger partial charge in [-0.15, -0.1) is 0 Å². The average Bonchev–Trinajstić information content (AvgIpc) is 3.37. The largest absolute Gasteiger partial charge is 0.285 e. The van der Waals surface area contributed by atoms with Crippen molar-refractivity contribution in [2.45, 2.75) is 0 Å². The molecule has 6 heteroatoms. The minimum atomic E-state index is -0.348. The number of rotatable bonds is 5. The molecule has 36 heavy (non-hydrogen) atoms. The van der Waals surface area contributed by atoms with Crippen molar-refractivity contribution in [3.05, 3.63) is 132 Å². The lowest BCUT2D eigenvalue weighted by atomic mass is 10.0. The highest BCUT2D eigenvalue weighted by atomic mass is 16.6. The Bertz CT molecular complexity index is 1650. The lowest BCUT2D eigenvalue weighted by Gasteiger charge is -2.11. The minimum Gasteiger partial charge on any atom is -0.285 e. The number of hydrogen-bond acceptors (Lipinski definition) is 4. The molecule has 172 valence electrons. The highest BCUT2D eigenvalue weighted by Gasteiger charge is 2.16. The fourth-order valence-corrected chi connectivity index (χ4v) is 4.42. The molecule has 0 aliphatic carbocycles. The summed E-state index contributed by atoms with van der Waals surface area (Å²) in [6.45, 7) is 0. The van der Waals surface area contributed by atoms with Gasteiger partial charge in [0.1, 0.15) is 0 Å². The maximum atomic E-state index is 11.5. The van der Waals surface area contributed by atoms with E-state index in [0.717, 1.165) is 39.0 Å². The third-order valence-corrected chi connectivity index (χ3v) is 6.17. The Morgan fingerprint density at radius 3 is 1.89 bits per heavy atom. The van der Waals surface area contributed by atoms with E-state index in [9.17, 15) is 10.1 Å². The van der Waals surface area contributed by atoms with Gasteiger partial charge in [0.15, 0.2) is 0 Å². The van der Waals surface area contributed by atoms with Gasteiger partial charge in [0.2, 0.25) is 5.95 Å². The standard InChI is InChI=1S/C30H20N4O2/c35-34(36)29-14-8-7-13-25(29)23-15-16-28-24(19-23)17-18-33(28)30-31-26(21-9-3-1-4-10-21)20-27(32-30)22-11-5-2-6-12-22/h1-20H. The molecule has 0 saturated heterocycles. The van der Waals surface area contributed by atoms with Crippen LogP contribution in [0.4, 0.5) is 5.69 Å². The van der Waals surface area contributed by atoms with Crippen LogP contribution in [-0.4, -0.2) is 19.5 Å². The van der Waals surface area contributed by atoms with Crippen molar-refractivity contribution in [3.63, 3.8) is 0 Å². The maximum absolute atomic E-state index is 11.5. The van der Waals surface area contributed by atoms with E-state index in [1.54, 1.807) is 12.1 Å². The predicted octanol–water partition coefficient (Wildman–Crippen LogP) is 7.33. The molecule has 2 heterocycles. The monoisotopic (exact) mass is 468 g/mol. The van der Waals surface area contributed by atoms with Gasteiger partial charge in [0.05, 0.1) is 27.4 Å². The first-order valence-corrected chi connectivity index (χ1v) is 11.5. The summed E-state index contributed by atoms with van der Waals surface area (Å²) in [4.78, 5) is 21.0. The highest BCUT2D eigenvalue weighted by Crippen LogP contribution is 2.33. The number of nitro groups is 1. The molecule has 0 fully saturated rings. The van der Waals surface area contributed by atoms with Gasteiger partial charge in [0, 0.05) is 28.8 Å². The van der Waals surface area contributed by atoms with Crippen LogP contribution in [0.5, 0.6) is 0 Å². The first-order valence-electron chi connectivity index (χ1n) is 11.5. The van der Waals surface area contributed by atoms with Crippen LogP contribution in [0.15, 0.2) is 121 Å². The number of aromatic nitrogens is 3. The van der Waals surface area contributed by atoms with Crippen molar-refractivity contribution in [1.82, 2.24) is 14.5 Å². The van der Waals surface area contributed by atoms with Gasteiger partial charge in [-0.1, -0.05) is 78.9 Å². The Kier molecular flexibility index (Phi) is 5.31. The van der Waals surface area contributed by atoms with Crippen molar-refractivity contribution in [3.8, 4) is 39.6 Å². The van der Waals surface area contributed by atoms with Crippen molar-refractivity contribution >= 4 is 16.6 Å². The molecular weight excluding hydrogens is 448 g/mol. The molecule has 0 aliphatic rings. The quantitative estimate of drug-likeness (QED) is 0.196. The van der Waals surface area contributed by atoms with E-state index in [4.69, 9.17) is 9.97 Å². The minimum absolute atomic E-state index is 0.0858. The zero-order chi connectivity index (χ0) is 24.5. The summed E-state index contributed by atoms with van der Waals surface area (Å²) in [5, 5.41) is 12.5. The normalized spacial score (nSPS) is 11.0. The molecular formula is C30H20N4O2.